The predicted octanol–water partition coefficient (Wildman–Crippen LogP) is 2.58. The Kier molecular flexibility index (Phi) is 7.49. The quantitative estimate of drug-likeness (QED) is 0.645. The minimum absolute atomic E-state index is 0.127. The lowest BCUT2D eigenvalue weighted by atomic mass is 10.2. The third-order valence-electron chi connectivity index (χ3n) is 5.23. The predicted molar refractivity (Wildman–Crippen MR) is 114 cm³/mol. The van der Waals surface area contributed by atoms with E-state index < -0.39 is 10.0 Å². The molecule has 1 saturated heterocycles. The minimum atomic E-state index is -3.64. The van der Waals surface area contributed by atoms with E-state index in [1.54, 1.807) is 12.3 Å². The zero-order valence-corrected chi connectivity index (χ0v) is 18.5. The first kappa shape index (κ1) is 22.3. The van der Waals surface area contributed by atoms with E-state index in [-0.39, 0.29) is 16.4 Å². The molecule has 0 aliphatic carbocycles. The lowest BCUT2D eigenvalue weighted by molar-refractivity contribution is 0.0949. The number of nitrogens with zero attached hydrogens (tertiary/aromatic N) is 3. The third-order valence-corrected chi connectivity index (χ3v) is 7.12. The molecule has 2 aromatic rings. The number of carbonyl (C=O) groups excluding carboxylic acids is 1. The summed E-state index contributed by atoms with van der Waals surface area (Å²) in [6, 6.07) is 4.48. The van der Waals surface area contributed by atoms with Gasteiger partial charge in [-0.15, -0.1) is 0 Å². The van der Waals surface area contributed by atoms with Crippen molar-refractivity contribution in [3.63, 3.8) is 0 Å². The van der Waals surface area contributed by atoms with E-state index in [2.05, 4.69) is 10.4 Å². The number of benzene rings is 1. The van der Waals surface area contributed by atoms with Gasteiger partial charge in [-0.2, -0.15) is 9.40 Å². The molecule has 1 aromatic carbocycles. The molecule has 0 bridgehead atoms. The molecule has 0 unspecified atom stereocenters. The first-order valence-corrected chi connectivity index (χ1v) is 11.8. The molecule has 1 aliphatic heterocycles. The van der Waals surface area contributed by atoms with Crippen molar-refractivity contribution < 1.29 is 17.9 Å². The van der Waals surface area contributed by atoms with Crippen molar-refractivity contribution in [3.8, 4) is 5.75 Å². The smallest absolute Gasteiger partial charge is 0.255 e. The highest BCUT2D eigenvalue weighted by atomic mass is 32.2. The van der Waals surface area contributed by atoms with Crippen LogP contribution < -0.4 is 10.1 Å². The van der Waals surface area contributed by atoms with E-state index in [1.807, 2.05) is 17.8 Å². The Morgan fingerprint density at radius 3 is 2.57 bits per heavy atom. The van der Waals surface area contributed by atoms with Crippen LogP contribution in [0.5, 0.6) is 5.75 Å². The van der Waals surface area contributed by atoms with E-state index in [0.29, 0.717) is 38.3 Å². The zero-order chi connectivity index (χ0) is 21.6. The zero-order valence-electron chi connectivity index (χ0n) is 17.6. The molecule has 1 N–H and O–H groups in total. The number of hydrogen-bond donors (Lipinski definition) is 1. The average molecular weight is 435 g/mol. The molecule has 3 rings (SSSR count). The van der Waals surface area contributed by atoms with Gasteiger partial charge in [0.15, 0.2) is 0 Å². The number of hydrogen-bond acceptors (Lipinski definition) is 5. The van der Waals surface area contributed by atoms with Crippen LogP contribution in [0.25, 0.3) is 0 Å². The van der Waals surface area contributed by atoms with Crippen molar-refractivity contribution in [1.82, 2.24) is 19.4 Å². The number of methoxy groups -OCH3 is 1. The Balaban J connectivity index is 1.69. The Labute approximate surface area is 178 Å². The number of sulfonamides is 1. The van der Waals surface area contributed by atoms with Crippen LogP contribution in [0.3, 0.4) is 0 Å². The molecule has 30 heavy (non-hydrogen) atoms. The van der Waals surface area contributed by atoms with Gasteiger partial charge in [0.25, 0.3) is 5.91 Å². The van der Waals surface area contributed by atoms with Crippen molar-refractivity contribution in [2.24, 2.45) is 0 Å². The van der Waals surface area contributed by atoms with Gasteiger partial charge in [-0.3, -0.25) is 9.48 Å². The molecule has 0 radical (unpaired) electrons. The van der Waals surface area contributed by atoms with Crippen LogP contribution in [0.15, 0.2) is 35.5 Å². The molecule has 1 amide bonds. The number of rotatable bonds is 8. The number of amides is 1. The van der Waals surface area contributed by atoms with Gasteiger partial charge in [-0.1, -0.05) is 12.8 Å². The second kappa shape index (κ2) is 10.1. The molecule has 0 atom stereocenters. The van der Waals surface area contributed by atoms with Crippen LogP contribution in [-0.2, 0) is 16.6 Å². The largest absolute Gasteiger partial charge is 0.496 e. The fourth-order valence-corrected chi connectivity index (χ4v) is 5.13. The lowest BCUT2D eigenvalue weighted by Gasteiger charge is -2.20. The molecule has 1 aliphatic rings. The molecule has 1 fully saturated rings. The van der Waals surface area contributed by atoms with Gasteiger partial charge in [0, 0.05) is 32.4 Å². The van der Waals surface area contributed by atoms with Crippen molar-refractivity contribution in [1.29, 1.82) is 0 Å². The summed E-state index contributed by atoms with van der Waals surface area (Å²) in [7, 11) is -2.17. The first-order valence-electron chi connectivity index (χ1n) is 10.4. The van der Waals surface area contributed by atoms with Gasteiger partial charge < -0.3 is 10.1 Å². The van der Waals surface area contributed by atoms with Crippen LogP contribution in [-0.4, -0.2) is 55.2 Å². The van der Waals surface area contributed by atoms with E-state index in [9.17, 15) is 13.2 Å². The van der Waals surface area contributed by atoms with Gasteiger partial charge in [0.05, 0.1) is 23.8 Å². The second-order valence-electron chi connectivity index (χ2n) is 7.57. The van der Waals surface area contributed by atoms with Crippen LogP contribution >= 0.6 is 0 Å². The van der Waals surface area contributed by atoms with Crippen molar-refractivity contribution in [3.05, 3.63) is 41.7 Å². The Hall–Kier alpha value is -2.39. The van der Waals surface area contributed by atoms with Gasteiger partial charge in [0.2, 0.25) is 10.0 Å². The maximum atomic E-state index is 13.1. The highest BCUT2D eigenvalue weighted by Crippen LogP contribution is 2.26. The average Bonchev–Trinajstić information content (AvgIpc) is 2.97. The third kappa shape index (κ3) is 5.40. The molecule has 164 valence electrons. The topological polar surface area (TPSA) is 93.5 Å². The van der Waals surface area contributed by atoms with E-state index >= 15 is 0 Å². The summed E-state index contributed by atoms with van der Waals surface area (Å²) in [5, 5.41) is 7.07. The standard InChI is InChI=1S/C21H30N4O4S/c1-17-15-23-24(16-17)11-7-10-22-21(26)19-14-18(8-9-20(19)29-2)30(27,28)25-12-5-3-4-6-13-25/h8-9,14-16H,3-7,10-13H2,1-2H3,(H,22,26). The molecule has 2 heterocycles. The normalized spacial score (nSPS) is 15.5. The fraction of sp³-hybridized carbons (Fsp3) is 0.524. The SMILES string of the molecule is COc1ccc(S(=O)(=O)N2CCCCCC2)cc1C(=O)NCCCn1cc(C)cn1. The van der Waals surface area contributed by atoms with Gasteiger partial charge >= 0.3 is 0 Å². The van der Waals surface area contributed by atoms with Crippen LogP contribution in [0.4, 0.5) is 0 Å². The Morgan fingerprint density at radius 2 is 1.93 bits per heavy atom. The van der Waals surface area contributed by atoms with Crippen LogP contribution in [0.2, 0.25) is 0 Å². The highest BCUT2D eigenvalue weighted by molar-refractivity contribution is 7.89. The van der Waals surface area contributed by atoms with Crippen molar-refractivity contribution >= 4 is 15.9 Å². The van der Waals surface area contributed by atoms with Gasteiger partial charge in [-0.05, 0) is 49.9 Å². The number of carbonyl (C=O) groups is 1. The van der Waals surface area contributed by atoms with Crippen molar-refractivity contribution in [2.45, 2.75) is 50.5 Å². The summed E-state index contributed by atoms with van der Waals surface area (Å²) in [5.41, 5.74) is 1.31. The van der Waals surface area contributed by atoms with Gasteiger partial charge in [0.1, 0.15) is 5.75 Å². The second-order valence-corrected chi connectivity index (χ2v) is 9.51. The maximum absolute atomic E-state index is 13.1. The van der Waals surface area contributed by atoms with Crippen LogP contribution in [0.1, 0.15) is 48.0 Å². The molecular formula is C21H30N4O4S. The maximum Gasteiger partial charge on any atom is 0.255 e. The molecular weight excluding hydrogens is 404 g/mol. The number of aryl methyl sites for hydroxylation is 2. The molecule has 9 heteroatoms. The number of aromatic nitrogens is 2. The van der Waals surface area contributed by atoms with E-state index in [4.69, 9.17) is 4.74 Å². The van der Waals surface area contributed by atoms with E-state index in [1.165, 1.54) is 23.5 Å². The summed E-state index contributed by atoms with van der Waals surface area (Å²) in [5.74, 6) is 0.00132. The summed E-state index contributed by atoms with van der Waals surface area (Å²) in [6.07, 6.45) is 8.25. The summed E-state index contributed by atoms with van der Waals surface area (Å²) < 4.78 is 34.8. The monoisotopic (exact) mass is 434 g/mol. The molecule has 8 nitrogen and oxygen atoms in total. The van der Waals surface area contributed by atoms with Gasteiger partial charge in [-0.25, -0.2) is 8.42 Å². The lowest BCUT2D eigenvalue weighted by Crippen LogP contribution is -2.32. The van der Waals surface area contributed by atoms with Crippen LogP contribution in [0, 0.1) is 6.92 Å². The Bertz CT molecular complexity index is 963. The van der Waals surface area contributed by atoms with Crippen molar-refractivity contribution in [2.75, 3.05) is 26.7 Å². The summed E-state index contributed by atoms with van der Waals surface area (Å²) in [4.78, 5) is 12.9. The highest BCUT2D eigenvalue weighted by Gasteiger charge is 2.27. The summed E-state index contributed by atoms with van der Waals surface area (Å²) >= 11 is 0. The molecule has 0 saturated carbocycles. The fourth-order valence-electron chi connectivity index (χ4n) is 3.58. The molecule has 0 spiro atoms. The summed E-state index contributed by atoms with van der Waals surface area (Å²) in [6.45, 7) is 4.15. The number of ether oxygens (including phenoxy) is 1. The Morgan fingerprint density at radius 1 is 1.20 bits per heavy atom. The first-order chi connectivity index (χ1) is 14.4. The molecule has 1 aromatic heterocycles. The number of nitrogens with one attached hydrogen (secondary N) is 1. The van der Waals surface area contributed by atoms with E-state index in [0.717, 1.165) is 31.2 Å². The minimum Gasteiger partial charge on any atom is -0.496 e.